The van der Waals surface area contributed by atoms with E-state index in [-0.39, 0.29) is 22.9 Å². The fourth-order valence-corrected chi connectivity index (χ4v) is 6.26. The van der Waals surface area contributed by atoms with E-state index in [1.807, 2.05) is 35.2 Å². The van der Waals surface area contributed by atoms with Gasteiger partial charge in [-0.15, -0.1) is 0 Å². The first-order valence-corrected chi connectivity index (χ1v) is 12.5. The van der Waals surface area contributed by atoms with Crippen molar-refractivity contribution < 1.29 is 13.2 Å². The number of piperidine rings is 1. The minimum absolute atomic E-state index is 0.0500. The topological polar surface area (TPSA) is 81.8 Å². The number of carbonyl (C=O) groups excluding carboxylic acids is 1. The number of amides is 1. The van der Waals surface area contributed by atoms with E-state index in [9.17, 15) is 13.2 Å². The summed E-state index contributed by atoms with van der Waals surface area (Å²) in [5, 5.41) is 3.33. The van der Waals surface area contributed by atoms with Gasteiger partial charge in [-0.1, -0.05) is 12.1 Å². The zero-order valence-electron chi connectivity index (χ0n) is 17.5. The average Bonchev–Trinajstić information content (AvgIpc) is 3.33. The van der Waals surface area contributed by atoms with Gasteiger partial charge in [0, 0.05) is 37.4 Å². The Morgan fingerprint density at radius 2 is 1.58 bits per heavy atom. The predicted octanol–water partition coefficient (Wildman–Crippen LogP) is 2.87. The average molecular weight is 441 g/mol. The number of rotatable bonds is 3. The van der Waals surface area contributed by atoms with Crippen molar-refractivity contribution in [3.05, 3.63) is 54.1 Å². The number of sulfonamides is 1. The monoisotopic (exact) mass is 440 g/mol. The van der Waals surface area contributed by atoms with Crippen molar-refractivity contribution in [1.82, 2.24) is 9.62 Å². The molecule has 8 heteroatoms. The normalized spacial score (nSPS) is 23.3. The highest BCUT2D eigenvalue weighted by molar-refractivity contribution is 7.89. The van der Waals surface area contributed by atoms with Crippen molar-refractivity contribution in [3.63, 3.8) is 0 Å². The lowest BCUT2D eigenvalue weighted by atomic mass is 9.93. The van der Waals surface area contributed by atoms with Gasteiger partial charge in [0.2, 0.25) is 10.0 Å². The van der Waals surface area contributed by atoms with Crippen LogP contribution in [-0.2, 0) is 10.0 Å². The van der Waals surface area contributed by atoms with Crippen LogP contribution in [0.4, 0.5) is 11.4 Å². The third-order valence-electron chi connectivity index (χ3n) is 6.65. The van der Waals surface area contributed by atoms with Crippen molar-refractivity contribution in [2.75, 3.05) is 36.4 Å². The molecule has 7 nitrogen and oxygen atoms in total. The maximum Gasteiger partial charge on any atom is 0.253 e. The highest BCUT2D eigenvalue weighted by Gasteiger charge is 2.35. The van der Waals surface area contributed by atoms with Crippen LogP contribution in [0.25, 0.3) is 0 Å². The van der Waals surface area contributed by atoms with Gasteiger partial charge in [0.25, 0.3) is 5.91 Å². The van der Waals surface area contributed by atoms with Crippen LogP contribution < -0.4 is 14.9 Å². The Balaban J connectivity index is 1.21. The Labute approximate surface area is 183 Å². The molecular formula is C23H28N4O3S. The maximum atomic E-state index is 13.0. The summed E-state index contributed by atoms with van der Waals surface area (Å²) in [6, 6.07) is 14.9. The summed E-state index contributed by atoms with van der Waals surface area (Å²) in [6.45, 7) is 3.42. The Morgan fingerprint density at radius 3 is 2.29 bits per heavy atom. The number of para-hydroxylation sites is 1. The van der Waals surface area contributed by atoms with Crippen LogP contribution in [0.2, 0.25) is 0 Å². The molecule has 2 fully saturated rings. The molecule has 0 aliphatic carbocycles. The van der Waals surface area contributed by atoms with E-state index in [0.29, 0.717) is 24.3 Å². The zero-order chi connectivity index (χ0) is 21.4. The molecule has 5 rings (SSSR count). The molecule has 164 valence electrons. The minimum atomic E-state index is -3.52. The van der Waals surface area contributed by atoms with E-state index in [1.165, 1.54) is 18.5 Å². The lowest BCUT2D eigenvalue weighted by molar-refractivity contribution is 0.0679. The lowest BCUT2D eigenvalue weighted by Crippen LogP contribution is -2.52. The third kappa shape index (κ3) is 4.02. The summed E-state index contributed by atoms with van der Waals surface area (Å²) < 4.78 is 28.0. The molecule has 1 unspecified atom stereocenters. The second kappa shape index (κ2) is 8.16. The molecular weight excluding hydrogens is 412 g/mol. The summed E-state index contributed by atoms with van der Waals surface area (Å²) >= 11 is 0. The Morgan fingerprint density at radius 1 is 0.903 bits per heavy atom. The molecule has 0 radical (unpaired) electrons. The molecule has 0 bridgehead atoms. The Bertz CT molecular complexity index is 1060. The van der Waals surface area contributed by atoms with E-state index in [0.717, 1.165) is 25.9 Å². The molecule has 3 aliphatic rings. The van der Waals surface area contributed by atoms with Gasteiger partial charge in [-0.3, -0.25) is 4.79 Å². The molecule has 1 atom stereocenters. The molecule has 2 aromatic carbocycles. The first-order chi connectivity index (χ1) is 15.0. The van der Waals surface area contributed by atoms with E-state index in [1.54, 1.807) is 18.2 Å². The number of nitrogens with zero attached hydrogens (tertiary/aromatic N) is 2. The minimum Gasteiger partial charge on any atom is -0.372 e. The number of fused-ring (bicyclic) bond motifs is 1. The van der Waals surface area contributed by atoms with E-state index >= 15 is 0 Å². The summed E-state index contributed by atoms with van der Waals surface area (Å²) in [5.41, 5.74) is 2.54. The molecule has 3 aliphatic heterocycles. The molecule has 0 saturated carbocycles. The fourth-order valence-electron chi connectivity index (χ4n) is 4.87. The van der Waals surface area contributed by atoms with Gasteiger partial charge in [-0.05, 0) is 68.0 Å². The number of anilines is 2. The molecule has 2 N–H and O–H groups in total. The molecule has 0 spiro atoms. The van der Waals surface area contributed by atoms with Gasteiger partial charge in [0.15, 0.2) is 0 Å². The number of likely N-dealkylation sites (tertiary alicyclic amines) is 1. The zero-order valence-corrected chi connectivity index (χ0v) is 18.3. The molecule has 2 saturated heterocycles. The number of nitrogens with one attached hydrogen (secondary N) is 2. The van der Waals surface area contributed by atoms with Gasteiger partial charge in [-0.2, -0.15) is 4.72 Å². The second-order valence-corrected chi connectivity index (χ2v) is 10.3. The van der Waals surface area contributed by atoms with Crippen LogP contribution in [0.1, 0.15) is 36.0 Å². The van der Waals surface area contributed by atoms with E-state index < -0.39 is 10.0 Å². The van der Waals surface area contributed by atoms with Gasteiger partial charge >= 0.3 is 0 Å². The summed E-state index contributed by atoms with van der Waals surface area (Å²) in [7, 11) is -3.52. The summed E-state index contributed by atoms with van der Waals surface area (Å²) in [5.74, 6) is 0.179. The molecule has 1 amide bonds. The van der Waals surface area contributed by atoms with Crippen molar-refractivity contribution in [2.24, 2.45) is 5.92 Å². The van der Waals surface area contributed by atoms with Crippen LogP contribution >= 0.6 is 0 Å². The van der Waals surface area contributed by atoms with Crippen molar-refractivity contribution in [1.29, 1.82) is 0 Å². The number of carbonyl (C=O) groups is 1. The van der Waals surface area contributed by atoms with Crippen LogP contribution in [0.5, 0.6) is 0 Å². The quantitative estimate of drug-likeness (QED) is 0.767. The molecule has 31 heavy (non-hydrogen) atoms. The van der Waals surface area contributed by atoms with Crippen LogP contribution in [0.3, 0.4) is 0 Å². The fraction of sp³-hybridized carbons (Fsp3) is 0.435. The first kappa shape index (κ1) is 20.3. The first-order valence-electron chi connectivity index (χ1n) is 11.0. The number of hydrogen-bond acceptors (Lipinski definition) is 5. The summed E-state index contributed by atoms with van der Waals surface area (Å²) in [6.07, 6.45) is 3.61. The highest BCUT2D eigenvalue weighted by Crippen LogP contribution is 2.31. The SMILES string of the molecule is O=C(c1ccc(N2CCCC2)cc1)N1CCC(C2Nc3ccccc3S(=O)(=O)N2)CC1. The van der Waals surface area contributed by atoms with Crippen LogP contribution in [0.15, 0.2) is 53.4 Å². The molecule has 3 heterocycles. The standard InChI is InChI=1S/C23H28N4O3S/c28-23(18-7-9-19(10-8-18)26-13-3-4-14-26)27-15-11-17(12-16-27)22-24-20-5-1-2-6-21(20)31(29,30)25-22/h1-2,5-10,17,22,24-25H,3-4,11-16H2. The van der Waals surface area contributed by atoms with Gasteiger partial charge in [-0.25, -0.2) is 8.42 Å². The van der Waals surface area contributed by atoms with Gasteiger partial charge in [0.1, 0.15) is 4.90 Å². The highest BCUT2D eigenvalue weighted by atomic mass is 32.2. The largest absolute Gasteiger partial charge is 0.372 e. The number of hydrogen-bond donors (Lipinski definition) is 2. The molecule has 2 aromatic rings. The van der Waals surface area contributed by atoms with Crippen LogP contribution in [0, 0.1) is 5.92 Å². The number of benzene rings is 2. The lowest BCUT2D eigenvalue weighted by Gasteiger charge is -2.39. The van der Waals surface area contributed by atoms with Crippen LogP contribution in [-0.4, -0.2) is 51.6 Å². The van der Waals surface area contributed by atoms with Crippen molar-refractivity contribution in [3.8, 4) is 0 Å². The predicted molar refractivity (Wildman–Crippen MR) is 121 cm³/mol. The molecule has 0 aromatic heterocycles. The Hall–Kier alpha value is -2.58. The van der Waals surface area contributed by atoms with Gasteiger partial charge < -0.3 is 15.1 Å². The second-order valence-electron chi connectivity index (χ2n) is 8.61. The maximum absolute atomic E-state index is 13.0. The van der Waals surface area contributed by atoms with Gasteiger partial charge in [0.05, 0.1) is 11.9 Å². The smallest absolute Gasteiger partial charge is 0.253 e. The van der Waals surface area contributed by atoms with Crippen molar-refractivity contribution in [2.45, 2.75) is 36.7 Å². The third-order valence-corrected chi connectivity index (χ3v) is 8.15. The van der Waals surface area contributed by atoms with Crippen molar-refractivity contribution >= 4 is 27.3 Å². The van der Waals surface area contributed by atoms with E-state index in [2.05, 4.69) is 14.9 Å². The Kier molecular flexibility index (Phi) is 5.35. The van der Waals surface area contributed by atoms with E-state index in [4.69, 9.17) is 0 Å². The summed E-state index contributed by atoms with van der Waals surface area (Å²) in [4.78, 5) is 17.5.